The minimum atomic E-state index is -0.712. The van der Waals surface area contributed by atoms with E-state index in [0.29, 0.717) is 25.2 Å². The average molecular weight is 516 g/mol. The second kappa shape index (κ2) is 15.2. The number of carbonyl (C=O) groups excluding carboxylic acids is 2. The summed E-state index contributed by atoms with van der Waals surface area (Å²) >= 11 is 0. The number of benzene rings is 1. The number of aromatic hydroxyl groups is 1. The van der Waals surface area contributed by atoms with Crippen LogP contribution in [0.1, 0.15) is 70.8 Å². The molecule has 0 aliphatic carbocycles. The average Bonchev–Trinajstić information content (AvgIpc) is 2.88. The molecule has 1 heterocycles. The van der Waals surface area contributed by atoms with E-state index in [2.05, 4.69) is 4.98 Å². The van der Waals surface area contributed by atoms with Crippen molar-refractivity contribution in [3.05, 3.63) is 48.3 Å². The summed E-state index contributed by atoms with van der Waals surface area (Å²) in [6.07, 6.45) is 1.74. The third-order valence-electron chi connectivity index (χ3n) is 5.98. The first-order valence-electron chi connectivity index (χ1n) is 13.0. The quantitative estimate of drug-likeness (QED) is 0.227. The number of para-hydroxylation sites is 1. The van der Waals surface area contributed by atoms with E-state index >= 15 is 0 Å². The lowest BCUT2D eigenvalue weighted by Gasteiger charge is -2.32. The molecule has 0 saturated carbocycles. The van der Waals surface area contributed by atoms with Crippen LogP contribution in [0.3, 0.4) is 0 Å². The summed E-state index contributed by atoms with van der Waals surface area (Å²) in [6.45, 7) is 10.3. The fraction of sp³-hybridized carbons (Fsp3) is 0.552. The predicted molar refractivity (Wildman–Crippen MR) is 141 cm³/mol. The number of Topliss-reactive ketones (excluding diaryl/α,β-unsaturated/α-hetero) is 1. The number of ether oxygens (including phenoxy) is 4. The van der Waals surface area contributed by atoms with Gasteiger partial charge in [-0.3, -0.25) is 9.59 Å². The van der Waals surface area contributed by atoms with Gasteiger partial charge in [-0.05, 0) is 44.2 Å². The van der Waals surface area contributed by atoms with Gasteiger partial charge >= 0.3 is 5.97 Å². The van der Waals surface area contributed by atoms with E-state index in [-0.39, 0.29) is 35.6 Å². The van der Waals surface area contributed by atoms with Crippen molar-refractivity contribution in [3.63, 3.8) is 0 Å². The Kier molecular flexibility index (Phi) is 12.4. The highest BCUT2D eigenvalue weighted by Gasteiger charge is 2.34. The molecule has 0 aliphatic heterocycles. The Balaban J connectivity index is 2.23. The van der Waals surface area contributed by atoms with Crippen LogP contribution in [0.25, 0.3) is 0 Å². The Bertz CT molecular complexity index is 979. The van der Waals surface area contributed by atoms with Crippen molar-refractivity contribution in [2.24, 2.45) is 11.8 Å². The third kappa shape index (κ3) is 9.04. The van der Waals surface area contributed by atoms with Crippen molar-refractivity contribution in [2.45, 2.75) is 78.6 Å². The van der Waals surface area contributed by atoms with Crippen LogP contribution in [-0.4, -0.2) is 53.9 Å². The summed E-state index contributed by atoms with van der Waals surface area (Å²) in [6, 6.07) is 10.8. The van der Waals surface area contributed by atoms with E-state index in [1.807, 2.05) is 58.0 Å². The first kappa shape index (κ1) is 30.1. The number of nitrogens with zero attached hydrogens (tertiary/aromatic N) is 1. The van der Waals surface area contributed by atoms with Crippen molar-refractivity contribution in [1.29, 1.82) is 0 Å². The van der Waals surface area contributed by atoms with Gasteiger partial charge in [0.1, 0.15) is 11.9 Å². The largest absolute Gasteiger partial charge is 0.503 e. The van der Waals surface area contributed by atoms with Crippen molar-refractivity contribution < 1.29 is 33.6 Å². The number of carbonyl (C=O) groups is 2. The Morgan fingerprint density at radius 3 is 2.35 bits per heavy atom. The zero-order valence-electron chi connectivity index (χ0n) is 22.8. The number of aromatic nitrogens is 1. The molecule has 8 nitrogen and oxygen atoms in total. The summed E-state index contributed by atoms with van der Waals surface area (Å²) in [5.74, 6) is -1.06. The van der Waals surface area contributed by atoms with E-state index in [1.165, 1.54) is 19.4 Å². The lowest BCUT2D eigenvalue weighted by molar-refractivity contribution is -0.163. The second-order valence-corrected chi connectivity index (χ2v) is 9.52. The summed E-state index contributed by atoms with van der Waals surface area (Å²) in [7, 11) is 1.39. The van der Waals surface area contributed by atoms with Gasteiger partial charge in [-0.2, -0.15) is 0 Å². The van der Waals surface area contributed by atoms with Gasteiger partial charge in [-0.25, -0.2) is 4.98 Å². The summed E-state index contributed by atoms with van der Waals surface area (Å²) < 4.78 is 23.3. The molecule has 0 amide bonds. The fourth-order valence-corrected chi connectivity index (χ4v) is 4.15. The maximum atomic E-state index is 13.4. The van der Waals surface area contributed by atoms with Gasteiger partial charge in [0.25, 0.3) is 0 Å². The number of hydrogen-bond donors (Lipinski definition) is 1. The third-order valence-corrected chi connectivity index (χ3v) is 5.98. The molecule has 37 heavy (non-hydrogen) atoms. The molecule has 0 saturated heterocycles. The molecular formula is C29H41NO7. The van der Waals surface area contributed by atoms with E-state index in [9.17, 15) is 14.7 Å². The zero-order chi connectivity index (χ0) is 27.4. The molecule has 1 aromatic carbocycles. The monoisotopic (exact) mass is 515 g/mol. The van der Waals surface area contributed by atoms with Crippen LogP contribution in [0.15, 0.2) is 42.6 Å². The SMILES string of the molecule is CCCO[C@@H](CC)[C@@H](Oc1ccccc1)[C@H](C)OC(=O)[C@@H](CC(=O)c1nccc(OC)c1O)CC(C)C. The molecule has 2 rings (SSSR count). The molecule has 8 heteroatoms. The number of rotatable bonds is 16. The first-order valence-corrected chi connectivity index (χ1v) is 13.0. The van der Waals surface area contributed by atoms with E-state index < -0.39 is 29.9 Å². The summed E-state index contributed by atoms with van der Waals surface area (Å²) in [5, 5.41) is 10.4. The van der Waals surface area contributed by atoms with Crippen LogP contribution in [-0.2, 0) is 14.3 Å². The Morgan fingerprint density at radius 2 is 1.76 bits per heavy atom. The lowest BCUT2D eigenvalue weighted by atomic mass is 9.91. The van der Waals surface area contributed by atoms with Gasteiger partial charge in [-0.1, -0.05) is 45.9 Å². The molecule has 1 aromatic heterocycles. The smallest absolute Gasteiger partial charge is 0.309 e. The van der Waals surface area contributed by atoms with Crippen LogP contribution >= 0.6 is 0 Å². The standard InChI is InChI=1S/C29H41NO7/c1-7-16-35-24(8-2)28(37-22-12-10-9-11-13-22)20(5)36-29(33)21(17-19(3)4)18-23(31)26-27(32)25(34-6)14-15-30-26/h9-15,19-21,24,28,32H,7-8,16-18H2,1-6H3/t20-,21+,24-,28-/m0/s1. The van der Waals surface area contributed by atoms with Gasteiger partial charge < -0.3 is 24.1 Å². The molecular weight excluding hydrogens is 474 g/mol. The van der Waals surface area contributed by atoms with Crippen molar-refractivity contribution >= 4 is 11.8 Å². The molecule has 1 N–H and O–H groups in total. The molecule has 0 aliphatic rings. The maximum Gasteiger partial charge on any atom is 0.309 e. The van der Waals surface area contributed by atoms with Crippen LogP contribution in [0, 0.1) is 11.8 Å². The van der Waals surface area contributed by atoms with Gasteiger partial charge in [0.15, 0.2) is 29.1 Å². The Labute approximate surface area is 220 Å². The number of methoxy groups -OCH3 is 1. The van der Waals surface area contributed by atoms with Gasteiger partial charge in [0.2, 0.25) is 0 Å². The number of ketones is 1. The van der Waals surface area contributed by atoms with Gasteiger partial charge in [0, 0.05) is 25.3 Å². The number of pyridine rings is 1. The fourth-order valence-electron chi connectivity index (χ4n) is 4.15. The highest BCUT2D eigenvalue weighted by molar-refractivity contribution is 5.99. The molecule has 2 aromatic rings. The molecule has 0 unspecified atom stereocenters. The maximum absolute atomic E-state index is 13.4. The molecule has 0 bridgehead atoms. The minimum absolute atomic E-state index is 0.127. The highest BCUT2D eigenvalue weighted by atomic mass is 16.6. The van der Waals surface area contributed by atoms with E-state index in [4.69, 9.17) is 18.9 Å². The number of hydrogen-bond acceptors (Lipinski definition) is 8. The van der Waals surface area contributed by atoms with Crippen molar-refractivity contribution in [3.8, 4) is 17.2 Å². The normalized spacial score (nSPS) is 14.5. The van der Waals surface area contributed by atoms with Gasteiger partial charge in [-0.15, -0.1) is 0 Å². The summed E-state index contributed by atoms with van der Waals surface area (Å²) in [5.41, 5.74) is -0.127. The Morgan fingerprint density at radius 1 is 1.05 bits per heavy atom. The predicted octanol–water partition coefficient (Wildman–Crippen LogP) is 5.62. The van der Waals surface area contributed by atoms with Crippen molar-refractivity contribution in [2.75, 3.05) is 13.7 Å². The van der Waals surface area contributed by atoms with Crippen LogP contribution < -0.4 is 9.47 Å². The molecule has 4 atom stereocenters. The Hall–Kier alpha value is -3.13. The molecule has 0 fully saturated rings. The van der Waals surface area contributed by atoms with E-state index in [0.717, 1.165) is 6.42 Å². The zero-order valence-corrected chi connectivity index (χ0v) is 22.8. The molecule has 204 valence electrons. The van der Waals surface area contributed by atoms with Crippen molar-refractivity contribution in [1.82, 2.24) is 4.98 Å². The van der Waals surface area contributed by atoms with E-state index in [1.54, 1.807) is 6.92 Å². The van der Waals surface area contributed by atoms with Crippen LogP contribution in [0.5, 0.6) is 17.2 Å². The van der Waals surface area contributed by atoms with Crippen LogP contribution in [0.4, 0.5) is 0 Å². The second-order valence-electron chi connectivity index (χ2n) is 9.52. The topological polar surface area (TPSA) is 104 Å². The lowest BCUT2D eigenvalue weighted by Crippen LogP contribution is -2.45. The molecule has 0 spiro atoms. The molecule has 0 radical (unpaired) electrons. The first-order chi connectivity index (χ1) is 17.7. The highest BCUT2D eigenvalue weighted by Crippen LogP contribution is 2.30. The summed E-state index contributed by atoms with van der Waals surface area (Å²) in [4.78, 5) is 30.4. The minimum Gasteiger partial charge on any atom is -0.503 e. The van der Waals surface area contributed by atoms with Crippen LogP contribution in [0.2, 0.25) is 0 Å². The van der Waals surface area contributed by atoms with Gasteiger partial charge in [0.05, 0.1) is 19.1 Å². The number of esters is 1.